The van der Waals surface area contributed by atoms with Crippen LogP contribution in [0.1, 0.15) is 36.2 Å². The normalized spacial score (nSPS) is 11.5. The van der Waals surface area contributed by atoms with E-state index in [2.05, 4.69) is 10.0 Å². The zero-order valence-electron chi connectivity index (χ0n) is 15.5. The summed E-state index contributed by atoms with van der Waals surface area (Å²) in [5, 5.41) is 3.68. The summed E-state index contributed by atoms with van der Waals surface area (Å²) in [5.74, 6) is 0.267. The summed E-state index contributed by atoms with van der Waals surface area (Å²) in [6.07, 6.45) is 0.885. The molecule has 0 atom stereocenters. The molecule has 1 heterocycles. The Balaban J connectivity index is 1.99. The number of Topliss-reactive ketones (excluding diaryl/α,β-unsaturated/α-hetero) is 1. The number of hydrogen-bond acceptors (Lipinski definition) is 5. The molecule has 7 heteroatoms. The largest absolute Gasteiger partial charge is 0.440 e. The van der Waals surface area contributed by atoms with Crippen molar-refractivity contribution in [1.82, 2.24) is 0 Å². The maximum atomic E-state index is 12.6. The first-order valence-corrected chi connectivity index (χ1v) is 10.2. The molecule has 2 aromatic carbocycles. The summed E-state index contributed by atoms with van der Waals surface area (Å²) in [5.41, 5.74) is 2.30. The molecule has 0 bridgehead atoms. The number of nitrogens with one attached hydrogen (secondary N) is 2. The molecule has 6 nitrogen and oxygen atoms in total. The molecular formula is C20H22N2O4S. The summed E-state index contributed by atoms with van der Waals surface area (Å²) >= 11 is 0. The molecule has 0 aliphatic heterocycles. The van der Waals surface area contributed by atoms with Gasteiger partial charge in [0.25, 0.3) is 10.0 Å². The van der Waals surface area contributed by atoms with Gasteiger partial charge in [0.2, 0.25) is 5.88 Å². The lowest BCUT2D eigenvalue weighted by molar-refractivity contribution is 0.101. The average molecular weight is 386 g/mol. The Morgan fingerprint density at radius 1 is 1.11 bits per heavy atom. The Labute approximate surface area is 158 Å². The van der Waals surface area contributed by atoms with E-state index >= 15 is 0 Å². The van der Waals surface area contributed by atoms with Crippen molar-refractivity contribution in [2.45, 2.75) is 32.1 Å². The van der Waals surface area contributed by atoms with Crippen molar-refractivity contribution in [3.63, 3.8) is 0 Å². The number of ketones is 1. The first-order valence-electron chi connectivity index (χ1n) is 8.72. The van der Waals surface area contributed by atoms with Crippen LogP contribution < -0.4 is 10.0 Å². The third kappa shape index (κ3) is 3.98. The third-order valence-electron chi connectivity index (χ3n) is 4.16. The van der Waals surface area contributed by atoms with E-state index in [-0.39, 0.29) is 10.7 Å². The monoisotopic (exact) mass is 386 g/mol. The highest BCUT2D eigenvalue weighted by Gasteiger charge is 2.20. The average Bonchev–Trinajstić information content (AvgIpc) is 2.97. The van der Waals surface area contributed by atoms with E-state index in [1.54, 1.807) is 42.5 Å². The molecule has 0 saturated heterocycles. The van der Waals surface area contributed by atoms with Gasteiger partial charge in [0, 0.05) is 17.6 Å². The van der Waals surface area contributed by atoms with Gasteiger partial charge in [-0.2, -0.15) is 0 Å². The number of carbonyl (C=O) groups excluding carboxylic acids is 1. The topological polar surface area (TPSA) is 88.4 Å². The van der Waals surface area contributed by atoms with Crippen molar-refractivity contribution in [2.75, 3.05) is 16.6 Å². The molecular weight excluding hydrogens is 364 g/mol. The molecule has 0 radical (unpaired) electrons. The molecule has 0 amide bonds. The SMILES string of the molecule is CCCNc1oc2ccc(NS(=O)(=O)c3ccc(C)cc3)cc2c1C(C)=O. The molecule has 0 unspecified atom stereocenters. The highest BCUT2D eigenvalue weighted by atomic mass is 32.2. The van der Waals surface area contributed by atoms with Crippen LogP contribution >= 0.6 is 0 Å². The number of aryl methyl sites for hydroxylation is 1. The van der Waals surface area contributed by atoms with Crippen molar-refractivity contribution < 1.29 is 17.6 Å². The second-order valence-corrected chi connectivity index (χ2v) is 8.10. The van der Waals surface area contributed by atoms with Crippen molar-refractivity contribution in [2.24, 2.45) is 0 Å². The van der Waals surface area contributed by atoms with Crippen molar-refractivity contribution >= 4 is 38.3 Å². The van der Waals surface area contributed by atoms with Crippen LogP contribution in [0.3, 0.4) is 0 Å². The molecule has 1 aromatic heterocycles. The standard InChI is InChI=1S/C20H22N2O4S/c1-4-11-21-20-19(14(3)23)17-12-15(7-10-18(17)26-20)22-27(24,25)16-8-5-13(2)6-9-16/h5-10,12,21-22H,4,11H2,1-3H3. The van der Waals surface area contributed by atoms with Gasteiger partial charge >= 0.3 is 0 Å². The third-order valence-corrected chi connectivity index (χ3v) is 5.56. The molecule has 2 N–H and O–H groups in total. The van der Waals surface area contributed by atoms with Crippen LogP contribution in [0.5, 0.6) is 0 Å². The lowest BCUT2D eigenvalue weighted by Crippen LogP contribution is -2.12. The maximum absolute atomic E-state index is 12.6. The predicted molar refractivity (Wildman–Crippen MR) is 107 cm³/mol. The highest BCUT2D eigenvalue weighted by molar-refractivity contribution is 7.92. The van der Waals surface area contributed by atoms with E-state index in [1.165, 1.54) is 6.92 Å². The van der Waals surface area contributed by atoms with Gasteiger partial charge in [-0.1, -0.05) is 24.6 Å². The number of rotatable bonds is 7. The van der Waals surface area contributed by atoms with Gasteiger partial charge in [0.1, 0.15) is 5.58 Å². The van der Waals surface area contributed by atoms with Crippen molar-refractivity contribution in [3.8, 4) is 0 Å². The Morgan fingerprint density at radius 3 is 2.44 bits per heavy atom. The van der Waals surface area contributed by atoms with Crippen molar-refractivity contribution in [3.05, 3.63) is 53.6 Å². The van der Waals surface area contributed by atoms with E-state index in [9.17, 15) is 13.2 Å². The molecule has 0 aliphatic rings. The lowest BCUT2D eigenvalue weighted by Gasteiger charge is -2.08. The van der Waals surface area contributed by atoms with E-state index < -0.39 is 10.0 Å². The minimum absolute atomic E-state index is 0.147. The van der Waals surface area contributed by atoms with Gasteiger partial charge in [-0.15, -0.1) is 0 Å². The van der Waals surface area contributed by atoms with Gasteiger partial charge in [0.05, 0.1) is 10.5 Å². The lowest BCUT2D eigenvalue weighted by atomic mass is 10.1. The second kappa shape index (κ2) is 7.44. The number of benzene rings is 2. The van der Waals surface area contributed by atoms with Crippen LogP contribution in [0.25, 0.3) is 11.0 Å². The summed E-state index contributed by atoms with van der Waals surface area (Å²) in [6.45, 7) is 6.04. The first-order chi connectivity index (χ1) is 12.8. The summed E-state index contributed by atoms with van der Waals surface area (Å²) in [6, 6.07) is 11.5. The number of sulfonamides is 1. The molecule has 3 rings (SSSR count). The molecule has 3 aromatic rings. The van der Waals surface area contributed by atoms with E-state index in [1.807, 2.05) is 13.8 Å². The van der Waals surface area contributed by atoms with Crippen LogP contribution in [-0.2, 0) is 10.0 Å². The van der Waals surface area contributed by atoms with E-state index in [0.29, 0.717) is 34.6 Å². The first kappa shape index (κ1) is 19.0. The molecule has 27 heavy (non-hydrogen) atoms. The van der Waals surface area contributed by atoms with Gasteiger partial charge in [-0.25, -0.2) is 8.42 Å². The van der Waals surface area contributed by atoms with E-state index in [0.717, 1.165) is 12.0 Å². The number of anilines is 2. The van der Waals surface area contributed by atoms with Crippen LogP contribution in [0, 0.1) is 6.92 Å². The molecule has 0 spiro atoms. The fraction of sp³-hybridized carbons (Fsp3) is 0.250. The molecule has 0 aliphatic carbocycles. The van der Waals surface area contributed by atoms with Gasteiger partial charge in [-0.3, -0.25) is 9.52 Å². The molecule has 0 fully saturated rings. The summed E-state index contributed by atoms with van der Waals surface area (Å²) < 4.78 is 33.5. The number of fused-ring (bicyclic) bond motifs is 1. The number of hydrogen-bond donors (Lipinski definition) is 2. The smallest absolute Gasteiger partial charge is 0.261 e. The Hall–Kier alpha value is -2.80. The number of carbonyl (C=O) groups is 1. The van der Waals surface area contributed by atoms with E-state index in [4.69, 9.17) is 4.42 Å². The fourth-order valence-electron chi connectivity index (χ4n) is 2.81. The van der Waals surface area contributed by atoms with Crippen LogP contribution in [-0.4, -0.2) is 20.7 Å². The Morgan fingerprint density at radius 2 is 1.81 bits per heavy atom. The van der Waals surface area contributed by atoms with Gasteiger partial charge in [0.15, 0.2) is 5.78 Å². The predicted octanol–water partition coefficient (Wildman–Crippen LogP) is 4.57. The molecule has 142 valence electrons. The Kier molecular flexibility index (Phi) is 5.23. The second-order valence-electron chi connectivity index (χ2n) is 6.42. The van der Waals surface area contributed by atoms with Gasteiger partial charge < -0.3 is 9.73 Å². The summed E-state index contributed by atoms with van der Waals surface area (Å²) in [4.78, 5) is 12.3. The molecule has 0 saturated carbocycles. The zero-order chi connectivity index (χ0) is 19.6. The van der Waals surface area contributed by atoms with Crippen LogP contribution in [0.4, 0.5) is 11.6 Å². The van der Waals surface area contributed by atoms with Gasteiger partial charge in [-0.05, 0) is 50.6 Å². The summed E-state index contributed by atoms with van der Waals surface area (Å²) in [7, 11) is -3.72. The fourth-order valence-corrected chi connectivity index (χ4v) is 3.85. The minimum Gasteiger partial charge on any atom is -0.440 e. The van der Waals surface area contributed by atoms with Crippen LogP contribution in [0.2, 0.25) is 0 Å². The quantitative estimate of drug-likeness (QED) is 0.581. The maximum Gasteiger partial charge on any atom is 0.261 e. The minimum atomic E-state index is -3.72. The Bertz CT molecular complexity index is 1080. The van der Waals surface area contributed by atoms with Crippen LogP contribution in [0.15, 0.2) is 51.8 Å². The number of furan rings is 1. The zero-order valence-corrected chi connectivity index (χ0v) is 16.3. The highest BCUT2D eigenvalue weighted by Crippen LogP contribution is 2.33. The van der Waals surface area contributed by atoms with Crippen molar-refractivity contribution in [1.29, 1.82) is 0 Å².